The SMILES string of the molecule is CCOC(=O)c1cc(N)ccc1N1CCN(CCO)CC1. The molecule has 6 heteroatoms. The Morgan fingerprint density at radius 2 is 2.05 bits per heavy atom. The average molecular weight is 293 g/mol. The van der Waals surface area contributed by atoms with Crippen LogP contribution in [0.1, 0.15) is 17.3 Å². The van der Waals surface area contributed by atoms with Crippen molar-refractivity contribution in [2.45, 2.75) is 6.92 Å². The van der Waals surface area contributed by atoms with Gasteiger partial charge in [-0.2, -0.15) is 0 Å². The predicted octanol–water partition coefficient (Wildman–Crippen LogP) is 0.560. The Hall–Kier alpha value is -1.79. The molecule has 116 valence electrons. The molecule has 2 rings (SSSR count). The molecule has 0 bridgehead atoms. The van der Waals surface area contributed by atoms with Crippen LogP contribution in [0.2, 0.25) is 0 Å². The smallest absolute Gasteiger partial charge is 0.340 e. The summed E-state index contributed by atoms with van der Waals surface area (Å²) in [4.78, 5) is 16.5. The Bertz CT molecular complexity index is 485. The number of nitrogens with zero attached hydrogens (tertiary/aromatic N) is 2. The molecule has 6 nitrogen and oxygen atoms in total. The molecule has 1 heterocycles. The number of hydrogen-bond donors (Lipinski definition) is 2. The van der Waals surface area contributed by atoms with Crippen molar-refractivity contribution in [3.05, 3.63) is 23.8 Å². The zero-order valence-electron chi connectivity index (χ0n) is 12.4. The third-order valence-corrected chi connectivity index (χ3v) is 3.65. The van der Waals surface area contributed by atoms with Gasteiger partial charge in [-0.05, 0) is 25.1 Å². The second kappa shape index (κ2) is 7.28. The number of aliphatic hydroxyl groups is 1. The van der Waals surface area contributed by atoms with Crippen molar-refractivity contribution in [2.75, 3.05) is 56.6 Å². The summed E-state index contributed by atoms with van der Waals surface area (Å²) in [6.45, 7) is 6.37. The fourth-order valence-corrected chi connectivity index (χ4v) is 2.56. The molecule has 21 heavy (non-hydrogen) atoms. The Labute approximate surface area is 125 Å². The van der Waals surface area contributed by atoms with Crippen LogP contribution in [0.25, 0.3) is 0 Å². The van der Waals surface area contributed by atoms with Crippen molar-refractivity contribution in [1.29, 1.82) is 0 Å². The molecule has 1 aliphatic heterocycles. The summed E-state index contributed by atoms with van der Waals surface area (Å²) >= 11 is 0. The molecule has 0 saturated carbocycles. The predicted molar refractivity (Wildman–Crippen MR) is 82.5 cm³/mol. The maximum absolute atomic E-state index is 12.1. The van der Waals surface area contributed by atoms with Gasteiger partial charge in [0.1, 0.15) is 0 Å². The monoisotopic (exact) mass is 293 g/mol. The summed E-state index contributed by atoms with van der Waals surface area (Å²) in [5, 5.41) is 8.98. The Morgan fingerprint density at radius 3 is 2.67 bits per heavy atom. The Morgan fingerprint density at radius 1 is 1.33 bits per heavy atom. The number of nitrogen functional groups attached to an aromatic ring is 1. The van der Waals surface area contributed by atoms with E-state index in [4.69, 9.17) is 15.6 Å². The fourth-order valence-electron chi connectivity index (χ4n) is 2.56. The molecule has 0 aliphatic carbocycles. The van der Waals surface area contributed by atoms with E-state index in [2.05, 4.69) is 9.80 Å². The molecule has 1 fully saturated rings. The summed E-state index contributed by atoms with van der Waals surface area (Å²) in [5.41, 5.74) is 7.73. The minimum absolute atomic E-state index is 0.177. The van der Waals surface area contributed by atoms with Crippen molar-refractivity contribution in [1.82, 2.24) is 4.90 Å². The van der Waals surface area contributed by atoms with Crippen LogP contribution in [0.4, 0.5) is 11.4 Å². The fraction of sp³-hybridized carbons (Fsp3) is 0.533. The summed E-state index contributed by atoms with van der Waals surface area (Å²) in [7, 11) is 0. The highest BCUT2D eigenvalue weighted by atomic mass is 16.5. The molecule has 0 amide bonds. The second-order valence-electron chi connectivity index (χ2n) is 5.05. The van der Waals surface area contributed by atoms with Gasteiger partial charge in [-0.15, -0.1) is 0 Å². The largest absolute Gasteiger partial charge is 0.462 e. The van der Waals surface area contributed by atoms with E-state index in [1.54, 1.807) is 19.1 Å². The van der Waals surface area contributed by atoms with Gasteiger partial charge in [0.05, 0.1) is 24.5 Å². The highest BCUT2D eigenvalue weighted by Crippen LogP contribution is 2.25. The van der Waals surface area contributed by atoms with Gasteiger partial charge in [0.25, 0.3) is 0 Å². The molecule has 1 aromatic carbocycles. The Balaban J connectivity index is 2.14. The normalized spacial score (nSPS) is 16.0. The standard InChI is InChI=1S/C15H23N3O3/c1-2-21-15(20)13-11-12(16)3-4-14(13)18-7-5-17(6-8-18)9-10-19/h3-4,11,19H,2,5-10,16H2,1H3. The Kier molecular flexibility index (Phi) is 5.41. The highest BCUT2D eigenvalue weighted by Gasteiger charge is 2.22. The third kappa shape index (κ3) is 3.86. The number of aliphatic hydroxyl groups excluding tert-OH is 1. The van der Waals surface area contributed by atoms with Gasteiger partial charge in [-0.25, -0.2) is 4.79 Å². The molecular formula is C15H23N3O3. The van der Waals surface area contributed by atoms with Crippen LogP contribution in [0.3, 0.4) is 0 Å². The van der Waals surface area contributed by atoms with Crippen LogP contribution in [0.15, 0.2) is 18.2 Å². The van der Waals surface area contributed by atoms with Crippen LogP contribution in [-0.4, -0.2) is 61.9 Å². The van der Waals surface area contributed by atoms with Gasteiger partial charge in [0, 0.05) is 38.4 Å². The number of carbonyl (C=O) groups is 1. The summed E-state index contributed by atoms with van der Waals surface area (Å²) in [5.74, 6) is -0.336. The van der Waals surface area contributed by atoms with E-state index < -0.39 is 0 Å². The molecule has 0 atom stereocenters. The van der Waals surface area contributed by atoms with Crippen molar-refractivity contribution >= 4 is 17.3 Å². The number of rotatable bonds is 5. The third-order valence-electron chi connectivity index (χ3n) is 3.65. The van der Waals surface area contributed by atoms with Crippen LogP contribution in [0, 0.1) is 0 Å². The lowest BCUT2D eigenvalue weighted by molar-refractivity contribution is 0.0527. The molecule has 1 saturated heterocycles. The van der Waals surface area contributed by atoms with E-state index in [9.17, 15) is 4.79 Å². The van der Waals surface area contributed by atoms with E-state index in [1.165, 1.54) is 0 Å². The molecule has 3 N–H and O–H groups in total. The molecule has 1 aliphatic rings. The second-order valence-corrected chi connectivity index (χ2v) is 5.05. The minimum Gasteiger partial charge on any atom is -0.462 e. The van der Waals surface area contributed by atoms with Crippen LogP contribution < -0.4 is 10.6 Å². The van der Waals surface area contributed by atoms with Crippen LogP contribution >= 0.6 is 0 Å². The lowest BCUT2D eigenvalue weighted by Crippen LogP contribution is -2.47. The number of anilines is 2. The van der Waals surface area contributed by atoms with Gasteiger partial charge in [-0.1, -0.05) is 0 Å². The number of ether oxygens (including phenoxy) is 1. The van der Waals surface area contributed by atoms with Gasteiger partial charge in [-0.3, -0.25) is 4.90 Å². The minimum atomic E-state index is -0.336. The van der Waals surface area contributed by atoms with Crippen molar-refractivity contribution in [3.63, 3.8) is 0 Å². The molecule has 0 unspecified atom stereocenters. The van der Waals surface area contributed by atoms with Crippen LogP contribution in [0.5, 0.6) is 0 Å². The maximum Gasteiger partial charge on any atom is 0.340 e. The summed E-state index contributed by atoms with van der Waals surface area (Å²) in [6, 6.07) is 5.36. The topological polar surface area (TPSA) is 79.0 Å². The van der Waals surface area contributed by atoms with E-state index in [1.807, 2.05) is 6.07 Å². The van der Waals surface area contributed by atoms with E-state index >= 15 is 0 Å². The molecular weight excluding hydrogens is 270 g/mol. The van der Waals surface area contributed by atoms with Crippen molar-refractivity contribution in [3.8, 4) is 0 Å². The van der Waals surface area contributed by atoms with Crippen LogP contribution in [-0.2, 0) is 4.74 Å². The number of esters is 1. The number of hydrogen-bond acceptors (Lipinski definition) is 6. The summed E-state index contributed by atoms with van der Waals surface area (Å²) < 4.78 is 5.11. The van der Waals surface area contributed by atoms with Crippen molar-refractivity contribution in [2.24, 2.45) is 0 Å². The highest BCUT2D eigenvalue weighted by molar-refractivity contribution is 5.97. The first-order chi connectivity index (χ1) is 10.2. The number of carbonyl (C=O) groups excluding carboxylic acids is 1. The lowest BCUT2D eigenvalue weighted by atomic mass is 10.1. The molecule has 0 spiro atoms. The number of β-amino-alcohol motifs (C(OH)–C–C–N with tert-alkyl or cyclic N) is 1. The summed E-state index contributed by atoms with van der Waals surface area (Å²) in [6.07, 6.45) is 0. The van der Waals surface area contributed by atoms with Crippen molar-refractivity contribution < 1.29 is 14.6 Å². The zero-order valence-corrected chi connectivity index (χ0v) is 12.4. The van der Waals surface area contributed by atoms with Gasteiger partial charge in [0.15, 0.2) is 0 Å². The number of nitrogens with two attached hydrogens (primary N) is 1. The lowest BCUT2D eigenvalue weighted by Gasteiger charge is -2.36. The first kappa shape index (κ1) is 15.6. The van der Waals surface area contributed by atoms with Gasteiger partial charge in [0.2, 0.25) is 0 Å². The first-order valence-electron chi connectivity index (χ1n) is 7.30. The average Bonchev–Trinajstić information content (AvgIpc) is 2.49. The molecule has 0 radical (unpaired) electrons. The molecule has 0 aromatic heterocycles. The van der Waals surface area contributed by atoms with E-state index in [0.717, 1.165) is 31.9 Å². The maximum atomic E-state index is 12.1. The van der Waals surface area contributed by atoms with Gasteiger partial charge >= 0.3 is 5.97 Å². The number of benzene rings is 1. The first-order valence-corrected chi connectivity index (χ1v) is 7.30. The quantitative estimate of drug-likeness (QED) is 0.610. The number of piperazine rings is 1. The van der Waals surface area contributed by atoms with E-state index in [-0.39, 0.29) is 12.6 Å². The molecule has 1 aromatic rings. The van der Waals surface area contributed by atoms with E-state index in [0.29, 0.717) is 24.4 Å². The zero-order chi connectivity index (χ0) is 15.2. The van der Waals surface area contributed by atoms with Gasteiger partial charge < -0.3 is 20.5 Å².